The van der Waals surface area contributed by atoms with Crippen LogP contribution in [0.5, 0.6) is 0 Å². The van der Waals surface area contributed by atoms with Gasteiger partial charge in [0.25, 0.3) is 0 Å². The number of halogens is 4. The lowest BCUT2D eigenvalue weighted by atomic mass is 10.3. The van der Waals surface area contributed by atoms with Crippen LogP contribution in [0.3, 0.4) is 0 Å². The maximum atomic E-state index is 12.7. The van der Waals surface area contributed by atoms with Crippen LogP contribution in [0.25, 0.3) is 0 Å². The first-order chi connectivity index (χ1) is 9.92. The Labute approximate surface area is 126 Å². The Bertz CT molecular complexity index is 513. The molecule has 3 rings (SSSR count). The Morgan fingerprint density at radius 2 is 1.95 bits per heavy atom. The lowest BCUT2D eigenvalue weighted by molar-refractivity contribution is -0.120. The first-order valence-corrected chi connectivity index (χ1v) is 7.52. The first kappa shape index (κ1) is 14.9. The molecule has 116 valence electrons. The van der Waals surface area contributed by atoms with Gasteiger partial charge in [0, 0.05) is 18.6 Å². The molecule has 2 aliphatic carbocycles. The molecular weight excluding hydrogens is 303 g/mol. The highest BCUT2D eigenvalue weighted by Crippen LogP contribution is 2.34. The van der Waals surface area contributed by atoms with Crippen molar-refractivity contribution in [1.29, 1.82) is 0 Å². The lowest BCUT2D eigenvalue weighted by Crippen LogP contribution is -2.36. The van der Waals surface area contributed by atoms with Crippen molar-refractivity contribution in [3.05, 3.63) is 22.8 Å². The molecule has 1 aromatic heterocycles. The summed E-state index contributed by atoms with van der Waals surface area (Å²) in [6.45, 7) is -0.455. The number of alkyl halides is 3. The van der Waals surface area contributed by atoms with Gasteiger partial charge in [-0.15, -0.1) is 0 Å². The van der Waals surface area contributed by atoms with Gasteiger partial charge in [0.1, 0.15) is 12.4 Å². The summed E-state index contributed by atoms with van der Waals surface area (Å²) in [5.74, 6) is 0.367. The van der Waals surface area contributed by atoms with E-state index in [9.17, 15) is 13.2 Å². The predicted octanol–water partition coefficient (Wildman–Crippen LogP) is 3.52. The maximum Gasteiger partial charge on any atom is 0.405 e. The van der Waals surface area contributed by atoms with Crippen LogP contribution in [0.4, 0.5) is 19.0 Å². The number of nitrogens with one attached hydrogen (secondary N) is 1. The summed E-state index contributed by atoms with van der Waals surface area (Å²) in [7, 11) is 0. The molecule has 3 nitrogen and oxygen atoms in total. The fourth-order valence-electron chi connectivity index (χ4n) is 2.26. The minimum absolute atomic E-state index is 0.0514. The summed E-state index contributed by atoms with van der Waals surface area (Å²) in [6, 6.07) is 3.66. The number of hydrogen-bond donors (Lipinski definition) is 1. The van der Waals surface area contributed by atoms with Gasteiger partial charge in [-0.3, -0.25) is 0 Å². The highest BCUT2D eigenvalue weighted by molar-refractivity contribution is 6.31. The fourth-order valence-corrected chi connectivity index (χ4v) is 2.43. The van der Waals surface area contributed by atoms with Crippen molar-refractivity contribution in [2.45, 2.75) is 50.5 Å². The fraction of sp³-hybridized carbons (Fsp3) is 0.643. The van der Waals surface area contributed by atoms with Gasteiger partial charge in [-0.2, -0.15) is 13.2 Å². The number of hydrogen-bond acceptors (Lipinski definition) is 3. The van der Waals surface area contributed by atoms with Gasteiger partial charge in [-0.25, -0.2) is 4.98 Å². The van der Waals surface area contributed by atoms with Crippen LogP contribution in [-0.2, 0) is 6.54 Å². The Balaban J connectivity index is 1.76. The van der Waals surface area contributed by atoms with Gasteiger partial charge >= 0.3 is 6.18 Å². The zero-order chi connectivity index (χ0) is 15.0. The first-order valence-electron chi connectivity index (χ1n) is 7.14. The van der Waals surface area contributed by atoms with E-state index in [0.29, 0.717) is 29.1 Å². The third kappa shape index (κ3) is 4.23. The molecule has 1 aromatic rings. The van der Waals surface area contributed by atoms with E-state index in [0.717, 1.165) is 25.7 Å². The predicted molar refractivity (Wildman–Crippen MR) is 75.5 cm³/mol. The van der Waals surface area contributed by atoms with Crippen molar-refractivity contribution in [2.24, 2.45) is 0 Å². The monoisotopic (exact) mass is 319 g/mol. The number of rotatable bonds is 6. The summed E-state index contributed by atoms with van der Waals surface area (Å²) in [4.78, 5) is 5.69. The molecule has 0 aliphatic heterocycles. The molecule has 0 aromatic carbocycles. The second-order valence-corrected chi connectivity index (χ2v) is 6.13. The summed E-state index contributed by atoms with van der Waals surface area (Å²) < 4.78 is 38.1. The van der Waals surface area contributed by atoms with Crippen LogP contribution in [0.1, 0.15) is 31.4 Å². The third-order valence-corrected chi connectivity index (χ3v) is 4.02. The SMILES string of the molecule is FC(F)(F)CN(c1ccc(Cl)c(CNC2CC2)n1)C1CC1. The number of aromatic nitrogens is 1. The van der Waals surface area contributed by atoms with Gasteiger partial charge in [-0.1, -0.05) is 11.6 Å². The molecule has 0 unspecified atom stereocenters. The summed E-state index contributed by atoms with van der Waals surface area (Å²) in [5, 5.41) is 3.78. The molecule has 0 atom stereocenters. The van der Waals surface area contributed by atoms with E-state index in [1.165, 1.54) is 4.90 Å². The van der Waals surface area contributed by atoms with Gasteiger partial charge in [0.05, 0.1) is 10.7 Å². The van der Waals surface area contributed by atoms with Crippen LogP contribution in [0, 0.1) is 0 Å². The molecule has 0 bridgehead atoms. The zero-order valence-electron chi connectivity index (χ0n) is 11.5. The van der Waals surface area contributed by atoms with E-state index in [4.69, 9.17) is 11.6 Å². The number of nitrogens with zero attached hydrogens (tertiary/aromatic N) is 2. The molecule has 7 heteroatoms. The van der Waals surface area contributed by atoms with E-state index in [-0.39, 0.29) is 6.04 Å². The molecule has 2 saturated carbocycles. The van der Waals surface area contributed by atoms with Crippen LogP contribution in [0.2, 0.25) is 5.02 Å². The Morgan fingerprint density at radius 1 is 1.24 bits per heavy atom. The topological polar surface area (TPSA) is 28.2 Å². The van der Waals surface area contributed by atoms with Gasteiger partial charge in [0.2, 0.25) is 0 Å². The van der Waals surface area contributed by atoms with E-state index < -0.39 is 12.7 Å². The molecule has 0 amide bonds. The normalized spacial score (nSPS) is 18.9. The molecule has 1 N–H and O–H groups in total. The second kappa shape index (κ2) is 5.65. The molecule has 2 aliphatic rings. The number of pyridine rings is 1. The van der Waals surface area contributed by atoms with Crippen molar-refractivity contribution in [3.8, 4) is 0 Å². The van der Waals surface area contributed by atoms with E-state index in [1.807, 2.05) is 0 Å². The Kier molecular flexibility index (Phi) is 4.01. The second-order valence-electron chi connectivity index (χ2n) is 5.73. The smallest absolute Gasteiger partial charge is 0.345 e. The molecule has 21 heavy (non-hydrogen) atoms. The summed E-state index contributed by atoms with van der Waals surface area (Å²) in [6.07, 6.45) is -0.373. The maximum absolute atomic E-state index is 12.7. The number of anilines is 1. The molecule has 0 spiro atoms. The summed E-state index contributed by atoms with van der Waals surface area (Å²) in [5.41, 5.74) is 0.619. The Morgan fingerprint density at radius 3 is 2.52 bits per heavy atom. The van der Waals surface area contributed by atoms with Crippen molar-refractivity contribution >= 4 is 17.4 Å². The molecule has 0 radical (unpaired) electrons. The van der Waals surface area contributed by atoms with Crippen LogP contribution >= 0.6 is 11.6 Å². The standard InChI is InChI=1S/C14H17ClF3N3/c15-11-5-6-13(20-12(11)7-19-9-1-2-9)21(10-3-4-10)8-14(16,17)18/h5-6,9-10,19H,1-4,7-8H2. The third-order valence-electron chi connectivity index (χ3n) is 3.67. The van der Waals surface area contributed by atoms with Crippen molar-refractivity contribution < 1.29 is 13.2 Å². The van der Waals surface area contributed by atoms with Crippen LogP contribution < -0.4 is 10.2 Å². The largest absolute Gasteiger partial charge is 0.405 e. The minimum atomic E-state index is -4.23. The molecule has 1 heterocycles. The molecule has 2 fully saturated rings. The molecular formula is C14H17ClF3N3. The quantitative estimate of drug-likeness (QED) is 0.869. The van der Waals surface area contributed by atoms with Crippen molar-refractivity contribution in [1.82, 2.24) is 10.3 Å². The van der Waals surface area contributed by atoms with E-state index in [1.54, 1.807) is 12.1 Å². The van der Waals surface area contributed by atoms with Crippen LogP contribution in [-0.4, -0.2) is 29.8 Å². The molecule has 0 saturated heterocycles. The van der Waals surface area contributed by atoms with Crippen molar-refractivity contribution in [3.63, 3.8) is 0 Å². The average Bonchev–Trinajstić information content (AvgIpc) is 3.26. The Hall–Kier alpha value is -1.01. The lowest BCUT2D eigenvalue weighted by Gasteiger charge is -2.25. The van der Waals surface area contributed by atoms with Gasteiger partial charge in [0.15, 0.2) is 0 Å². The highest BCUT2D eigenvalue weighted by atomic mass is 35.5. The zero-order valence-corrected chi connectivity index (χ0v) is 12.2. The van der Waals surface area contributed by atoms with Crippen molar-refractivity contribution in [2.75, 3.05) is 11.4 Å². The van der Waals surface area contributed by atoms with Gasteiger partial charge < -0.3 is 10.2 Å². The van der Waals surface area contributed by atoms with E-state index >= 15 is 0 Å². The highest BCUT2D eigenvalue weighted by Gasteiger charge is 2.38. The van der Waals surface area contributed by atoms with Gasteiger partial charge in [-0.05, 0) is 37.8 Å². The van der Waals surface area contributed by atoms with Crippen LogP contribution in [0.15, 0.2) is 12.1 Å². The minimum Gasteiger partial charge on any atom is -0.345 e. The van der Waals surface area contributed by atoms with E-state index in [2.05, 4.69) is 10.3 Å². The average molecular weight is 320 g/mol. The summed E-state index contributed by atoms with van der Waals surface area (Å²) >= 11 is 6.09.